The summed E-state index contributed by atoms with van der Waals surface area (Å²) in [6.45, 7) is 6.23. The van der Waals surface area contributed by atoms with Crippen molar-refractivity contribution in [3.05, 3.63) is 24.3 Å². The number of carbonyl (C=O) groups is 1. The lowest BCUT2D eigenvalue weighted by molar-refractivity contribution is 0.168. The number of anilines is 2. The minimum absolute atomic E-state index is 0.380. The van der Waals surface area contributed by atoms with Crippen molar-refractivity contribution >= 4 is 17.5 Å². The Morgan fingerprint density at radius 3 is 2.61 bits per heavy atom. The topological polar surface area (TPSA) is 53.6 Å². The van der Waals surface area contributed by atoms with Gasteiger partial charge in [-0.05, 0) is 31.2 Å². The Morgan fingerprint density at radius 2 is 2.00 bits per heavy atom. The van der Waals surface area contributed by atoms with Crippen LogP contribution in [-0.2, 0) is 4.74 Å². The van der Waals surface area contributed by atoms with E-state index >= 15 is 0 Å². The predicted octanol–water partition coefficient (Wildman–Crippen LogP) is 1.66. The summed E-state index contributed by atoms with van der Waals surface area (Å²) in [5.74, 6) is 0. The van der Waals surface area contributed by atoms with E-state index in [0.29, 0.717) is 6.61 Å². The minimum Gasteiger partial charge on any atom is -0.450 e. The SMILES string of the molecule is CCOC(=O)Nc1ccc(N2CCNCC2)cc1. The monoisotopic (exact) mass is 249 g/mol. The molecular formula is C13H19N3O2. The van der Waals surface area contributed by atoms with E-state index in [0.717, 1.165) is 31.9 Å². The lowest BCUT2D eigenvalue weighted by Gasteiger charge is -2.29. The van der Waals surface area contributed by atoms with Gasteiger partial charge in [0, 0.05) is 37.6 Å². The highest BCUT2D eigenvalue weighted by molar-refractivity contribution is 5.84. The van der Waals surface area contributed by atoms with Gasteiger partial charge in [0.2, 0.25) is 0 Å². The molecule has 0 saturated carbocycles. The van der Waals surface area contributed by atoms with Crippen molar-refractivity contribution in [2.75, 3.05) is 43.0 Å². The van der Waals surface area contributed by atoms with Gasteiger partial charge in [-0.2, -0.15) is 0 Å². The van der Waals surface area contributed by atoms with Crippen LogP contribution in [0.25, 0.3) is 0 Å². The van der Waals surface area contributed by atoms with Gasteiger partial charge in [0.1, 0.15) is 0 Å². The summed E-state index contributed by atoms with van der Waals surface area (Å²) < 4.78 is 4.82. The largest absolute Gasteiger partial charge is 0.450 e. The summed E-state index contributed by atoms with van der Waals surface area (Å²) in [4.78, 5) is 13.6. The first-order valence-corrected chi connectivity index (χ1v) is 6.29. The molecule has 0 unspecified atom stereocenters. The van der Waals surface area contributed by atoms with Crippen LogP contribution >= 0.6 is 0 Å². The van der Waals surface area contributed by atoms with E-state index in [-0.39, 0.29) is 0 Å². The Bertz CT molecular complexity index is 386. The summed E-state index contributed by atoms with van der Waals surface area (Å²) in [7, 11) is 0. The van der Waals surface area contributed by atoms with Crippen molar-refractivity contribution < 1.29 is 9.53 Å². The van der Waals surface area contributed by atoms with Crippen LogP contribution in [0.4, 0.5) is 16.2 Å². The molecule has 1 fully saturated rings. The number of rotatable bonds is 3. The van der Waals surface area contributed by atoms with Gasteiger partial charge < -0.3 is 15.0 Å². The van der Waals surface area contributed by atoms with Crippen LogP contribution in [0.3, 0.4) is 0 Å². The number of hydrogen-bond acceptors (Lipinski definition) is 4. The maximum absolute atomic E-state index is 11.2. The molecule has 5 heteroatoms. The van der Waals surface area contributed by atoms with Crippen LogP contribution < -0.4 is 15.5 Å². The summed E-state index contributed by atoms with van der Waals surface area (Å²) in [5.41, 5.74) is 1.94. The second kappa shape index (κ2) is 6.26. The van der Waals surface area contributed by atoms with Crippen molar-refractivity contribution in [1.82, 2.24) is 5.32 Å². The lowest BCUT2D eigenvalue weighted by Crippen LogP contribution is -2.43. The molecule has 0 atom stereocenters. The van der Waals surface area contributed by atoms with Crippen LogP contribution in [0.2, 0.25) is 0 Å². The van der Waals surface area contributed by atoms with E-state index < -0.39 is 6.09 Å². The molecule has 1 aromatic carbocycles. The minimum atomic E-state index is -0.410. The van der Waals surface area contributed by atoms with Crippen molar-refractivity contribution in [2.45, 2.75) is 6.92 Å². The summed E-state index contributed by atoms with van der Waals surface area (Å²) in [5, 5.41) is 6.00. The number of nitrogens with one attached hydrogen (secondary N) is 2. The maximum Gasteiger partial charge on any atom is 0.411 e. The Balaban J connectivity index is 1.94. The number of benzene rings is 1. The van der Waals surface area contributed by atoms with E-state index in [1.165, 1.54) is 5.69 Å². The molecule has 1 heterocycles. The van der Waals surface area contributed by atoms with Crippen LogP contribution in [0, 0.1) is 0 Å². The van der Waals surface area contributed by atoms with E-state index in [2.05, 4.69) is 15.5 Å². The van der Waals surface area contributed by atoms with Gasteiger partial charge in [0.15, 0.2) is 0 Å². The lowest BCUT2D eigenvalue weighted by atomic mass is 10.2. The summed E-state index contributed by atoms with van der Waals surface area (Å²) in [6.07, 6.45) is -0.410. The fourth-order valence-corrected chi connectivity index (χ4v) is 1.96. The first-order chi connectivity index (χ1) is 8.79. The highest BCUT2D eigenvalue weighted by Crippen LogP contribution is 2.18. The van der Waals surface area contributed by atoms with Crippen LogP contribution in [-0.4, -0.2) is 38.9 Å². The van der Waals surface area contributed by atoms with Crippen molar-refractivity contribution in [1.29, 1.82) is 0 Å². The van der Waals surface area contributed by atoms with Gasteiger partial charge >= 0.3 is 6.09 Å². The molecule has 1 aromatic rings. The van der Waals surface area contributed by atoms with Gasteiger partial charge in [-0.25, -0.2) is 4.79 Å². The number of ether oxygens (including phenoxy) is 1. The number of hydrogen-bond donors (Lipinski definition) is 2. The van der Waals surface area contributed by atoms with E-state index in [9.17, 15) is 4.79 Å². The van der Waals surface area contributed by atoms with Crippen LogP contribution in [0.1, 0.15) is 6.92 Å². The second-order valence-electron chi connectivity index (χ2n) is 4.13. The smallest absolute Gasteiger partial charge is 0.411 e. The Hall–Kier alpha value is -1.75. The predicted molar refractivity (Wildman–Crippen MR) is 72.2 cm³/mol. The van der Waals surface area contributed by atoms with Gasteiger partial charge in [-0.1, -0.05) is 0 Å². The normalized spacial score (nSPS) is 15.3. The fraction of sp³-hybridized carbons (Fsp3) is 0.462. The molecule has 18 heavy (non-hydrogen) atoms. The third kappa shape index (κ3) is 3.37. The Labute approximate surface area is 107 Å². The summed E-state index contributed by atoms with van der Waals surface area (Å²) in [6, 6.07) is 7.84. The summed E-state index contributed by atoms with van der Waals surface area (Å²) >= 11 is 0. The zero-order valence-electron chi connectivity index (χ0n) is 10.6. The first-order valence-electron chi connectivity index (χ1n) is 6.29. The molecule has 0 bridgehead atoms. The second-order valence-corrected chi connectivity index (χ2v) is 4.13. The molecule has 0 aromatic heterocycles. The molecule has 1 saturated heterocycles. The van der Waals surface area contributed by atoms with Crippen molar-refractivity contribution in [2.24, 2.45) is 0 Å². The maximum atomic E-state index is 11.2. The molecular weight excluding hydrogens is 230 g/mol. The number of amides is 1. The average molecular weight is 249 g/mol. The molecule has 2 N–H and O–H groups in total. The van der Waals surface area contributed by atoms with E-state index in [4.69, 9.17) is 4.74 Å². The van der Waals surface area contributed by atoms with Gasteiger partial charge in [-0.15, -0.1) is 0 Å². The van der Waals surface area contributed by atoms with E-state index in [1.54, 1.807) is 6.92 Å². The number of nitrogens with zero attached hydrogens (tertiary/aromatic N) is 1. The average Bonchev–Trinajstić information content (AvgIpc) is 2.41. The quantitative estimate of drug-likeness (QED) is 0.855. The Morgan fingerprint density at radius 1 is 1.33 bits per heavy atom. The van der Waals surface area contributed by atoms with Crippen LogP contribution in [0.15, 0.2) is 24.3 Å². The number of carbonyl (C=O) groups excluding carboxylic acids is 1. The molecule has 0 spiro atoms. The highest BCUT2D eigenvalue weighted by atomic mass is 16.5. The third-order valence-corrected chi connectivity index (χ3v) is 2.87. The van der Waals surface area contributed by atoms with Crippen molar-refractivity contribution in [3.63, 3.8) is 0 Å². The molecule has 1 amide bonds. The zero-order chi connectivity index (χ0) is 12.8. The first kappa shape index (κ1) is 12.7. The van der Waals surface area contributed by atoms with E-state index in [1.807, 2.05) is 24.3 Å². The van der Waals surface area contributed by atoms with Gasteiger partial charge in [0.25, 0.3) is 0 Å². The molecule has 5 nitrogen and oxygen atoms in total. The highest BCUT2D eigenvalue weighted by Gasteiger charge is 2.10. The molecule has 1 aliphatic rings. The molecule has 98 valence electrons. The molecule has 0 radical (unpaired) electrons. The van der Waals surface area contributed by atoms with Crippen LogP contribution in [0.5, 0.6) is 0 Å². The molecule has 0 aliphatic carbocycles. The third-order valence-electron chi connectivity index (χ3n) is 2.87. The van der Waals surface area contributed by atoms with Gasteiger partial charge in [-0.3, -0.25) is 5.32 Å². The zero-order valence-corrected chi connectivity index (χ0v) is 10.6. The number of piperazine rings is 1. The Kier molecular flexibility index (Phi) is 4.41. The standard InChI is InChI=1S/C13H19N3O2/c1-2-18-13(17)15-11-3-5-12(6-4-11)16-9-7-14-8-10-16/h3-6,14H,2,7-10H2,1H3,(H,15,17). The molecule has 2 rings (SSSR count). The van der Waals surface area contributed by atoms with Crippen molar-refractivity contribution in [3.8, 4) is 0 Å². The molecule has 1 aliphatic heterocycles. The van der Waals surface area contributed by atoms with Gasteiger partial charge in [0.05, 0.1) is 6.61 Å². The fourth-order valence-electron chi connectivity index (χ4n) is 1.96.